The van der Waals surface area contributed by atoms with Gasteiger partial charge < -0.3 is 10.2 Å². The van der Waals surface area contributed by atoms with E-state index in [4.69, 9.17) is 5.11 Å². The van der Waals surface area contributed by atoms with Crippen molar-refractivity contribution >= 4 is 9.39 Å². The van der Waals surface area contributed by atoms with Gasteiger partial charge in [0.05, 0.1) is 0 Å². The van der Waals surface area contributed by atoms with Crippen LogP contribution in [-0.2, 0) is 0 Å². The first-order valence-electron chi connectivity index (χ1n) is 4.39. The van der Waals surface area contributed by atoms with Crippen molar-refractivity contribution in [3.05, 3.63) is 0 Å². The first-order valence-corrected chi connectivity index (χ1v) is 4.97. The fourth-order valence-corrected chi connectivity index (χ4v) is 1.43. The molecule has 3 heteroatoms. The van der Waals surface area contributed by atoms with Gasteiger partial charge >= 0.3 is 0 Å². The van der Waals surface area contributed by atoms with Crippen molar-refractivity contribution in [1.29, 1.82) is 0 Å². The number of aliphatic hydroxyl groups is 1. The fourth-order valence-electron chi connectivity index (χ4n) is 1.23. The summed E-state index contributed by atoms with van der Waals surface area (Å²) in [6.07, 6.45) is 4.65. The van der Waals surface area contributed by atoms with E-state index in [2.05, 4.69) is 21.4 Å². The van der Waals surface area contributed by atoms with E-state index in [1.165, 1.54) is 6.42 Å². The van der Waals surface area contributed by atoms with Crippen LogP contribution in [0.5, 0.6) is 0 Å². The lowest BCUT2D eigenvalue weighted by molar-refractivity contribution is 0.208. The van der Waals surface area contributed by atoms with Gasteiger partial charge in [-0.25, -0.2) is 0 Å². The number of hydrogen-bond acceptors (Lipinski definition) is 2. The molecule has 2 nitrogen and oxygen atoms in total. The zero-order valence-corrected chi connectivity index (χ0v) is 8.50. The molecule has 0 amide bonds. The molecule has 0 heterocycles. The third-order valence-electron chi connectivity index (χ3n) is 1.89. The number of hydrogen-bond donors (Lipinski definition) is 2. The van der Waals surface area contributed by atoms with Crippen LogP contribution < -0.4 is 5.09 Å². The molecule has 0 aliphatic rings. The molecule has 0 fully saturated rings. The Kier molecular flexibility index (Phi) is 8.72. The molecule has 0 aliphatic carbocycles. The maximum absolute atomic E-state index is 8.93. The summed E-state index contributed by atoms with van der Waals surface area (Å²) in [7, 11) is 2.49. The normalized spacial score (nSPS) is 13.4. The van der Waals surface area contributed by atoms with Crippen LogP contribution in [0, 0.1) is 5.92 Å². The lowest BCUT2D eigenvalue weighted by atomic mass is 9.99. The zero-order chi connectivity index (χ0) is 8.53. The first-order chi connectivity index (χ1) is 5.35. The van der Waals surface area contributed by atoms with Crippen LogP contribution in [0.4, 0.5) is 0 Å². The molecule has 0 saturated carbocycles. The Labute approximate surface area is 72.0 Å². The van der Waals surface area contributed by atoms with Crippen LogP contribution in [0.15, 0.2) is 0 Å². The fraction of sp³-hybridized carbons (Fsp3) is 1.00. The number of rotatable bonds is 7. The number of nitrogens with one attached hydrogen (secondary N) is 1. The summed E-state index contributed by atoms with van der Waals surface area (Å²) in [6.45, 7) is 3.55. The lowest BCUT2D eigenvalue weighted by Gasteiger charge is -2.11. The minimum Gasteiger partial charge on any atom is -0.396 e. The topological polar surface area (TPSA) is 32.3 Å². The molecular weight excluding hydrogens is 157 g/mol. The van der Waals surface area contributed by atoms with E-state index < -0.39 is 0 Å². The minimum atomic E-state index is 0.352. The summed E-state index contributed by atoms with van der Waals surface area (Å²) in [5.74, 6) is 0.526. The standard InChI is InChI=1S/C8H20NOP/c1-2-4-8(7-10)5-3-6-9-11/h8-10H,2-7,11H2,1H3. The van der Waals surface area contributed by atoms with Gasteiger partial charge in [0.2, 0.25) is 0 Å². The molecule has 0 bridgehead atoms. The second kappa shape index (κ2) is 8.45. The van der Waals surface area contributed by atoms with Crippen LogP contribution in [0.1, 0.15) is 32.6 Å². The lowest BCUT2D eigenvalue weighted by Crippen LogP contribution is -2.09. The highest BCUT2D eigenvalue weighted by molar-refractivity contribution is 7.13. The van der Waals surface area contributed by atoms with Crippen molar-refractivity contribution in [3.63, 3.8) is 0 Å². The highest BCUT2D eigenvalue weighted by atomic mass is 31.0. The Morgan fingerprint density at radius 1 is 1.45 bits per heavy atom. The Morgan fingerprint density at radius 2 is 2.18 bits per heavy atom. The van der Waals surface area contributed by atoms with Gasteiger partial charge in [0.1, 0.15) is 0 Å². The highest BCUT2D eigenvalue weighted by Crippen LogP contribution is 2.11. The van der Waals surface area contributed by atoms with Gasteiger partial charge in [-0.15, -0.1) is 0 Å². The summed E-state index contributed by atoms with van der Waals surface area (Å²) in [6, 6.07) is 0. The van der Waals surface area contributed by atoms with Gasteiger partial charge in [-0.3, -0.25) is 0 Å². The van der Waals surface area contributed by atoms with Gasteiger partial charge in [0, 0.05) is 6.61 Å². The molecular formula is C8H20NOP. The molecule has 0 radical (unpaired) electrons. The second-order valence-corrected chi connectivity index (χ2v) is 3.34. The summed E-state index contributed by atoms with van der Waals surface area (Å²) >= 11 is 0. The Hall–Kier alpha value is 0.350. The predicted molar refractivity (Wildman–Crippen MR) is 52.4 cm³/mol. The van der Waals surface area contributed by atoms with E-state index in [1.807, 2.05) is 0 Å². The maximum Gasteiger partial charge on any atom is 0.0459 e. The molecule has 0 aromatic heterocycles. The van der Waals surface area contributed by atoms with Crippen LogP contribution in [0.3, 0.4) is 0 Å². The van der Waals surface area contributed by atoms with Crippen molar-refractivity contribution in [2.75, 3.05) is 13.2 Å². The largest absolute Gasteiger partial charge is 0.396 e. The van der Waals surface area contributed by atoms with Gasteiger partial charge in [0.15, 0.2) is 0 Å². The Morgan fingerprint density at radius 3 is 2.64 bits per heavy atom. The monoisotopic (exact) mass is 177 g/mol. The molecule has 0 saturated heterocycles. The first kappa shape index (κ1) is 11.4. The average Bonchev–Trinajstić information content (AvgIpc) is 2.03. The molecule has 0 rings (SSSR count). The van der Waals surface area contributed by atoms with E-state index in [0.29, 0.717) is 12.5 Å². The van der Waals surface area contributed by atoms with Crippen molar-refractivity contribution in [2.45, 2.75) is 32.6 Å². The van der Waals surface area contributed by atoms with Gasteiger partial charge in [-0.1, -0.05) is 22.7 Å². The van der Waals surface area contributed by atoms with Crippen molar-refractivity contribution in [2.24, 2.45) is 5.92 Å². The van der Waals surface area contributed by atoms with E-state index in [1.54, 1.807) is 0 Å². The summed E-state index contributed by atoms with van der Waals surface area (Å²) in [4.78, 5) is 0. The third-order valence-corrected chi connectivity index (χ3v) is 2.18. The SMILES string of the molecule is CCCC(CO)CCCNP. The summed E-state index contributed by atoms with van der Waals surface area (Å²) in [5.41, 5.74) is 0. The molecule has 0 aliphatic heterocycles. The highest BCUT2D eigenvalue weighted by Gasteiger charge is 2.04. The van der Waals surface area contributed by atoms with Crippen molar-refractivity contribution in [3.8, 4) is 0 Å². The maximum atomic E-state index is 8.93. The predicted octanol–water partition coefficient (Wildman–Crippen LogP) is 1.55. The van der Waals surface area contributed by atoms with Crippen molar-refractivity contribution in [1.82, 2.24) is 5.09 Å². The number of aliphatic hydroxyl groups excluding tert-OH is 1. The van der Waals surface area contributed by atoms with Crippen LogP contribution in [-0.4, -0.2) is 18.3 Å². The van der Waals surface area contributed by atoms with Gasteiger partial charge in [-0.2, -0.15) is 0 Å². The Bertz CT molecular complexity index is 80.5. The molecule has 2 N–H and O–H groups in total. The van der Waals surface area contributed by atoms with Gasteiger partial charge in [-0.05, 0) is 31.7 Å². The molecule has 0 spiro atoms. The molecule has 68 valence electrons. The van der Waals surface area contributed by atoms with Crippen LogP contribution >= 0.6 is 9.39 Å². The van der Waals surface area contributed by atoms with Crippen molar-refractivity contribution < 1.29 is 5.11 Å². The van der Waals surface area contributed by atoms with Gasteiger partial charge in [0.25, 0.3) is 0 Å². The van der Waals surface area contributed by atoms with E-state index in [9.17, 15) is 0 Å². The third kappa shape index (κ3) is 6.74. The molecule has 2 atom stereocenters. The molecule has 2 unspecified atom stereocenters. The summed E-state index contributed by atoms with van der Waals surface area (Å²) < 4.78 is 0. The van der Waals surface area contributed by atoms with E-state index >= 15 is 0 Å². The quantitative estimate of drug-likeness (QED) is 0.457. The smallest absolute Gasteiger partial charge is 0.0459 e. The van der Waals surface area contributed by atoms with Crippen LogP contribution in [0.2, 0.25) is 0 Å². The van der Waals surface area contributed by atoms with Crippen LogP contribution in [0.25, 0.3) is 0 Å². The molecule has 0 aromatic carbocycles. The van der Waals surface area contributed by atoms with E-state index in [0.717, 1.165) is 25.8 Å². The zero-order valence-electron chi connectivity index (χ0n) is 7.34. The minimum absolute atomic E-state index is 0.352. The second-order valence-electron chi connectivity index (χ2n) is 2.93. The summed E-state index contributed by atoms with van der Waals surface area (Å²) in [5, 5.41) is 12.0. The Balaban J connectivity index is 3.20. The molecule has 0 aromatic rings. The molecule has 11 heavy (non-hydrogen) atoms. The average molecular weight is 177 g/mol. The van der Waals surface area contributed by atoms with E-state index in [-0.39, 0.29) is 0 Å².